The predicted molar refractivity (Wildman–Crippen MR) is 89.7 cm³/mol. The summed E-state index contributed by atoms with van der Waals surface area (Å²) in [7, 11) is 4.10. The van der Waals surface area contributed by atoms with E-state index in [9.17, 15) is 0 Å². The van der Waals surface area contributed by atoms with Crippen molar-refractivity contribution in [3.05, 3.63) is 37.2 Å². The highest BCUT2D eigenvalue weighted by molar-refractivity contribution is 9.10. The van der Waals surface area contributed by atoms with Crippen LogP contribution in [0.3, 0.4) is 0 Å². The fourth-order valence-electron chi connectivity index (χ4n) is 1.91. The molecule has 2 heterocycles. The van der Waals surface area contributed by atoms with Gasteiger partial charge in [0, 0.05) is 21.3 Å². The number of nitrogens with two attached hydrogens (primary N) is 1. The molecule has 0 bridgehead atoms. The van der Waals surface area contributed by atoms with E-state index in [-0.39, 0.29) is 6.04 Å². The van der Waals surface area contributed by atoms with Gasteiger partial charge < -0.3 is 4.90 Å². The van der Waals surface area contributed by atoms with Crippen molar-refractivity contribution in [2.45, 2.75) is 12.6 Å². The molecule has 2 aromatic rings. The van der Waals surface area contributed by atoms with Gasteiger partial charge in [0.05, 0.1) is 29.0 Å². The molecule has 2 rings (SSSR count). The molecule has 1 atom stereocenters. The molecule has 0 saturated carbocycles. The molecule has 3 N–H and O–H groups in total. The number of hydrogen-bond acceptors (Lipinski definition) is 5. The van der Waals surface area contributed by atoms with E-state index in [0.29, 0.717) is 0 Å². The van der Waals surface area contributed by atoms with Gasteiger partial charge in [-0.25, -0.2) is 5.43 Å². The summed E-state index contributed by atoms with van der Waals surface area (Å²) in [5.74, 6) is 5.77. The van der Waals surface area contributed by atoms with Gasteiger partial charge in [0.25, 0.3) is 0 Å². The summed E-state index contributed by atoms with van der Waals surface area (Å²) in [4.78, 5) is 3.28. The third-order valence-corrected chi connectivity index (χ3v) is 5.27. The number of rotatable bonds is 6. The summed E-state index contributed by atoms with van der Waals surface area (Å²) in [6.45, 7) is 1.74. The van der Waals surface area contributed by atoms with Crippen molar-refractivity contribution < 1.29 is 0 Å². The van der Waals surface area contributed by atoms with Crippen LogP contribution in [-0.4, -0.2) is 35.3 Å². The van der Waals surface area contributed by atoms with Crippen molar-refractivity contribution in [1.29, 1.82) is 0 Å². The Morgan fingerprint density at radius 2 is 2.25 bits per heavy atom. The zero-order chi connectivity index (χ0) is 14.7. The van der Waals surface area contributed by atoms with Crippen LogP contribution < -0.4 is 11.3 Å². The van der Waals surface area contributed by atoms with Crippen molar-refractivity contribution in [3.63, 3.8) is 0 Å². The van der Waals surface area contributed by atoms with Crippen LogP contribution in [0.5, 0.6) is 0 Å². The van der Waals surface area contributed by atoms with Crippen LogP contribution in [-0.2, 0) is 6.54 Å². The van der Waals surface area contributed by atoms with Gasteiger partial charge in [0.2, 0.25) is 0 Å². The Balaban J connectivity index is 2.31. The van der Waals surface area contributed by atoms with E-state index >= 15 is 0 Å². The van der Waals surface area contributed by atoms with E-state index in [1.54, 1.807) is 11.3 Å². The fourth-order valence-corrected chi connectivity index (χ4v) is 3.94. The zero-order valence-corrected chi connectivity index (χ0v) is 15.3. The first-order valence-electron chi connectivity index (χ1n) is 6.09. The molecule has 20 heavy (non-hydrogen) atoms. The van der Waals surface area contributed by atoms with E-state index in [1.165, 1.54) is 0 Å². The quantitative estimate of drug-likeness (QED) is 0.554. The van der Waals surface area contributed by atoms with Gasteiger partial charge in [0.1, 0.15) is 0 Å². The summed E-state index contributed by atoms with van der Waals surface area (Å²) in [6, 6.07) is 2.00. The molecule has 0 aromatic carbocycles. The normalized spacial score (nSPS) is 13.1. The Bertz CT molecular complexity index is 566. The van der Waals surface area contributed by atoms with Gasteiger partial charge >= 0.3 is 0 Å². The smallest absolute Gasteiger partial charge is 0.0981 e. The van der Waals surface area contributed by atoms with Crippen molar-refractivity contribution in [3.8, 4) is 0 Å². The minimum Gasteiger partial charge on any atom is -0.308 e. The molecule has 8 heteroatoms. The van der Waals surface area contributed by atoms with E-state index in [0.717, 1.165) is 32.6 Å². The first kappa shape index (κ1) is 16.1. The van der Waals surface area contributed by atoms with E-state index < -0.39 is 0 Å². The molecule has 0 saturated heterocycles. The van der Waals surface area contributed by atoms with Crippen LogP contribution in [0.4, 0.5) is 0 Å². The number of aromatic nitrogens is 2. The lowest BCUT2D eigenvalue weighted by Gasteiger charge is -2.18. The Morgan fingerprint density at radius 1 is 1.50 bits per heavy atom. The maximum absolute atomic E-state index is 5.77. The average Bonchev–Trinajstić information content (AvgIpc) is 2.97. The third-order valence-electron chi connectivity index (χ3n) is 2.90. The minimum atomic E-state index is -0.0784. The van der Waals surface area contributed by atoms with Crippen molar-refractivity contribution in [1.82, 2.24) is 20.1 Å². The molecular formula is C12H17Br2N5S. The second kappa shape index (κ2) is 7.15. The van der Waals surface area contributed by atoms with Crippen LogP contribution in [0, 0.1) is 0 Å². The van der Waals surface area contributed by atoms with E-state index in [4.69, 9.17) is 5.84 Å². The lowest BCUT2D eigenvalue weighted by atomic mass is 10.2. The monoisotopic (exact) mass is 421 g/mol. The fraction of sp³-hybridized carbons (Fsp3) is 0.417. The highest BCUT2D eigenvalue weighted by Gasteiger charge is 2.22. The van der Waals surface area contributed by atoms with Gasteiger partial charge in [-0.2, -0.15) is 5.10 Å². The van der Waals surface area contributed by atoms with Crippen molar-refractivity contribution >= 4 is 43.2 Å². The first-order valence-corrected chi connectivity index (χ1v) is 8.55. The number of hydrogen-bond donors (Lipinski definition) is 2. The molecule has 0 aliphatic rings. The number of nitrogens with one attached hydrogen (secondary N) is 1. The van der Waals surface area contributed by atoms with Gasteiger partial charge in [-0.05, 0) is 52.0 Å². The maximum atomic E-state index is 5.77. The summed E-state index contributed by atoms with van der Waals surface area (Å²) in [5, 5.41) is 6.48. The van der Waals surface area contributed by atoms with E-state index in [1.807, 2.05) is 30.4 Å². The number of nitrogens with zero attached hydrogens (tertiary/aromatic N) is 3. The zero-order valence-electron chi connectivity index (χ0n) is 11.3. The number of hydrazine groups is 1. The summed E-state index contributed by atoms with van der Waals surface area (Å²) < 4.78 is 4.01. The number of likely N-dealkylation sites (N-methyl/N-ethyl adjacent to an activating group) is 1. The molecule has 5 nitrogen and oxygen atoms in total. The van der Waals surface area contributed by atoms with Crippen molar-refractivity contribution in [2.24, 2.45) is 5.84 Å². The Morgan fingerprint density at radius 3 is 2.80 bits per heavy atom. The predicted octanol–water partition coefficient (Wildman–Crippen LogP) is 2.58. The molecule has 1 unspecified atom stereocenters. The van der Waals surface area contributed by atoms with Gasteiger partial charge in [0.15, 0.2) is 0 Å². The van der Waals surface area contributed by atoms with Crippen LogP contribution >= 0.6 is 43.2 Å². The van der Waals surface area contributed by atoms with Gasteiger partial charge in [-0.3, -0.25) is 10.5 Å². The lowest BCUT2D eigenvalue weighted by molar-refractivity contribution is 0.365. The molecule has 0 fully saturated rings. The maximum Gasteiger partial charge on any atom is 0.0981 e. The third kappa shape index (κ3) is 3.69. The summed E-state index contributed by atoms with van der Waals surface area (Å²) in [6.07, 6.45) is 1.82. The molecule has 0 spiro atoms. The average molecular weight is 423 g/mol. The number of thiophene rings is 1. The molecule has 0 radical (unpaired) electrons. The lowest BCUT2D eigenvalue weighted by Crippen LogP contribution is -2.31. The second-order valence-electron chi connectivity index (χ2n) is 4.67. The van der Waals surface area contributed by atoms with Crippen LogP contribution in [0.2, 0.25) is 0 Å². The summed E-state index contributed by atoms with van der Waals surface area (Å²) in [5.41, 5.74) is 3.93. The molecule has 0 aliphatic heterocycles. The molecular weight excluding hydrogens is 406 g/mol. The molecule has 2 aromatic heterocycles. The highest BCUT2D eigenvalue weighted by atomic mass is 79.9. The topological polar surface area (TPSA) is 59.1 Å². The Hall–Kier alpha value is -0.250. The van der Waals surface area contributed by atoms with Crippen LogP contribution in [0.1, 0.15) is 16.6 Å². The molecule has 0 aliphatic carbocycles. The first-order chi connectivity index (χ1) is 9.52. The summed E-state index contributed by atoms with van der Waals surface area (Å²) >= 11 is 8.71. The molecule has 110 valence electrons. The second-order valence-corrected chi connectivity index (χ2v) is 7.38. The van der Waals surface area contributed by atoms with E-state index in [2.05, 4.69) is 53.4 Å². The Labute approximate surface area is 139 Å². The Kier molecular flexibility index (Phi) is 5.76. The molecule has 0 amide bonds. The standard InChI is InChI=1S/C12H17Br2N5S/c1-18(2)3-4-19-12(9(14)6-16-19)11(17-15)10-5-8(13)7-20-10/h5-7,11,17H,3-4,15H2,1-2H3. The largest absolute Gasteiger partial charge is 0.308 e. The highest BCUT2D eigenvalue weighted by Crippen LogP contribution is 2.33. The SMILES string of the molecule is CN(C)CCn1ncc(Br)c1C(NN)c1cc(Br)cs1. The van der Waals surface area contributed by atoms with Crippen LogP contribution in [0.25, 0.3) is 0 Å². The van der Waals surface area contributed by atoms with Crippen molar-refractivity contribution in [2.75, 3.05) is 20.6 Å². The number of halogens is 2. The van der Waals surface area contributed by atoms with Gasteiger partial charge in [-0.15, -0.1) is 11.3 Å². The minimum absolute atomic E-state index is 0.0784. The van der Waals surface area contributed by atoms with Crippen LogP contribution in [0.15, 0.2) is 26.6 Å². The van der Waals surface area contributed by atoms with Gasteiger partial charge in [-0.1, -0.05) is 0 Å².